The molecule has 7 nitrogen and oxygen atoms in total. The largest absolute Gasteiger partial charge is 0.493 e. The minimum atomic E-state index is -0.133. The van der Waals surface area contributed by atoms with Crippen molar-refractivity contribution in [2.75, 3.05) is 28.3 Å². The Kier molecular flexibility index (Phi) is 4.88. The van der Waals surface area contributed by atoms with E-state index in [-0.39, 0.29) is 11.8 Å². The molecule has 1 aromatic heterocycles. The summed E-state index contributed by atoms with van der Waals surface area (Å²) in [5, 5.41) is 4.03. The standard InChI is InChI=1S/C19H19N3O4/c1-22(2)19(23)14-8-6-5-7-13(14)18-20-17(21-26-18)12-9-10-15(24-3)16(11-12)25-4/h5-11H,1-4H3. The first-order valence-electron chi connectivity index (χ1n) is 7.92. The van der Waals surface area contributed by atoms with E-state index in [1.54, 1.807) is 58.6 Å². The first kappa shape index (κ1) is 17.5. The fourth-order valence-corrected chi connectivity index (χ4v) is 2.52. The van der Waals surface area contributed by atoms with Crippen LogP contribution in [0.25, 0.3) is 22.8 Å². The number of rotatable bonds is 5. The molecule has 0 bridgehead atoms. The van der Waals surface area contributed by atoms with Crippen molar-refractivity contribution in [2.24, 2.45) is 0 Å². The van der Waals surface area contributed by atoms with E-state index in [0.717, 1.165) is 0 Å². The molecule has 0 spiro atoms. The third-order valence-electron chi connectivity index (χ3n) is 3.86. The van der Waals surface area contributed by atoms with Gasteiger partial charge in [-0.15, -0.1) is 0 Å². The maximum absolute atomic E-state index is 12.4. The number of carbonyl (C=O) groups is 1. The second kappa shape index (κ2) is 7.26. The normalized spacial score (nSPS) is 10.5. The van der Waals surface area contributed by atoms with Gasteiger partial charge < -0.3 is 18.9 Å². The van der Waals surface area contributed by atoms with Gasteiger partial charge in [0.15, 0.2) is 11.5 Å². The van der Waals surface area contributed by atoms with Gasteiger partial charge in [-0.1, -0.05) is 17.3 Å². The van der Waals surface area contributed by atoms with Crippen molar-refractivity contribution >= 4 is 5.91 Å². The van der Waals surface area contributed by atoms with E-state index < -0.39 is 0 Å². The molecule has 0 saturated carbocycles. The van der Waals surface area contributed by atoms with Crippen LogP contribution in [0.5, 0.6) is 11.5 Å². The number of ether oxygens (including phenoxy) is 2. The van der Waals surface area contributed by atoms with E-state index >= 15 is 0 Å². The maximum atomic E-state index is 12.4. The van der Waals surface area contributed by atoms with E-state index in [1.807, 2.05) is 12.1 Å². The van der Waals surface area contributed by atoms with E-state index in [1.165, 1.54) is 4.90 Å². The fourth-order valence-electron chi connectivity index (χ4n) is 2.52. The molecule has 3 aromatic rings. The Morgan fingerprint density at radius 3 is 2.46 bits per heavy atom. The monoisotopic (exact) mass is 353 g/mol. The van der Waals surface area contributed by atoms with E-state index in [2.05, 4.69) is 10.1 Å². The molecule has 2 aromatic carbocycles. The molecule has 0 aliphatic heterocycles. The Morgan fingerprint density at radius 2 is 1.77 bits per heavy atom. The van der Waals surface area contributed by atoms with Crippen molar-refractivity contribution < 1.29 is 18.8 Å². The van der Waals surface area contributed by atoms with Crippen molar-refractivity contribution in [2.45, 2.75) is 0 Å². The van der Waals surface area contributed by atoms with Crippen LogP contribution in [-0.4, -0.2) is 49.3 Å². The second-order valence-electron chi connectivity index (χ2n) is 5.74. The lowest BCUT2D eigenvalue weighted by atomic mass is 10.1. The molecular weight excluding hydrogens is 334 g/mol. The molecule has 0 aliphatic carbocycles. The molecule has 0 N–H and O–H groups in total. The zero-order valence-electron chi connectivity index (χ0n) is 15.0. The summed E-state index contributed by atoms with van der Waals surface area (Å²) in [6.07, 6.45) is 0. The van der Waals surface area contributed by atoms with Crippen LogP contribution in [0, 0.1) is 0 Å². The van der Waals surface area contributed by atoms with Crippen LogP contribution in [0.1, 0.15) is 10.4 Å². The summed E-state index contributed by atoms with van der Waals surface area (Å²) in [4.78, 5) is 18.3. The molecule has 0 saturated heterocycles. The molecule has 3 rings (SSSR count). The summed E-state index contributed by atoms with van der Waals surface area (Å²) in [6.45, 7) is 0. The molecule has 7 heteroatoms. The smallest absolute Gasteiger partial charge is 0.259 e. The second-order valence-corrected chi connectivity index (χ2v) is 5.74. The summed E-state index contributed by atoms with van der Waals surface area (Å²) in [5.41, 5.74) is 1.81. The zero-order valence-corrected chi connectivity index (χ0v) is 15.0. The number of benzene rings is 2. The predicted molar refractivity (Wildman–Crippen MR) is 96.3 cm³/mol. The number of carbonyl (C=O) groups excluding carboxylic acids is 1. The van der Waals surface area contributed by atoms with Gasteiger partial charge in [-0.2, -0.15) is 4.98 Å². The molecule has 0 unspecified atom stereocenters. The molecular formula is C19H19N3O4. The average molecular weight is 353 g/mol. The van der Waals surface area contributed by atoms with Crippen molar-refractivity contribution in [3.05, 3.63) is 48.0 Å². The Hall–Kier alpha value is -3.35. The fraction of sp³-hybridized carbons (Fsp3) is 0.211. The molecule has 1 amide bonds. The van der Waals surface area contributed by atoms with Crippen LogP contribution in [0.4, 0.5) is 0 Å². The predicted octanol–water partition coefficient (Wildman–Crippen LogP) is 3.12. The van der Waals surface area contributed by atoms with Crippen LogP contribution in [0.2, 0.25) is 0 Å². The highest BCUT2D eigenvalue weighted by molar-refractivity contribution is 5.99. The van der Waals surface area contributed by atoms with Crippen LogP contribution < -0.4 is 9.47 Å². The summed E-state index contributed by atoms with van der Waals surface area (Å²) in [7, 11) is 6.53. The van der Waals surface area contributed by atoms with Gasteiger partial charge in [0.25, 0.3) is 11.8 Å². The SMILES string of the molecule is COc1ccc(-c2noc(-c3ccccc3C(=O)N(C)C)n2)cc1OC. The number of hydrogen-bond acceptors (Lipinski definition) is 6. The van der Waals surface area contributed by atoms with E-state index in [9.17, 15) is 4.79 Å². The number of hydrogen-bond donors (Lipinski definition) is 0. The highest BCUT2D eigenvalue weighted by Crippen LogP contribution is 2.32. The summed E-state index contributed by atoms with van der Waals surface area (Å²) in [5.74, 6) is 1.72. The molecule has 0 atom stereocenters. The lowest BCUT2D eigenvalue weighted by Crippen LogP contribution is -2.22. The van der Waals surface area contributed by atoms with Crippen molar-refractivity contribution in [1.82, 2.24) is 15.0 Å². The number of methoxy groups -OCH3 is 2. The van der Waals surface area contributed by atoms with Gasteiger partial charge in [-0.25, -0.2) is 0 Å². The lowest BCUT2D eigenvalue weighted by Gasteiger charge is -2.12. The van der Waals surface area contributed by atoms with Crippen LogP contribution >= 0.6 is 0 Å². The van der Waals surface area contributed by atoms with Gasteiger partial charge in [0.2, 0.25) is 5.82 Å². The van der Waals surface area contributed by atoms with Crippen molar-refractivity contribution in [3.63, 3.8) is 0 Å². The average Bonchev–Trinajstić information content (AvgIpc) is 3.16. The molecule has 0 radical (unpaired) electrons. The maximum Gasteiger partial charge on any atom is 0.259 e. The minimum Gasteiger partial charge on any atom is -0.493 e. The number of nitrogens with zero attached hydrogens (tertiary/aromatic N) is 3. The van der Waals surface area contributed by atoms with Gasteiger partial charge >= 0.3 is 0 Å². The van der Waals surface area contributed by atoms with Crippen molar-refractivity contribution in [3.8, 4) is 34.3 Å². The quantitative estimate of drug-likeness (QED) is 0.701. The van der Waals surface area contributed by atoms with Gasteiger partial charge in [0.1, 0.15) is 0 Å². The van der Waals surface area contributed by atoms with Gasteiger partial charge in [-0.05, 0) is 30.3 Å². The molecule has 0 aliphatic rings. The molecule has 26 heavy (non-hydrogen) atoms. The van der Waals surface area contributed by atoms with E-state index in [0.29, 0.717) is 34.0 Å². The van der Waals surface area contributed by atoms with Gasteiger partial charge in [0, 0.05) is 19.7 Å². The summed E-state index contributed by atoms with van der Waals surface area (Å²) < 4.78 is 15.9. The van der Waals surface area contributed by atoms with Crippen LogP contribution in [0.3, 0.4) is 0 Å². The zero-order chi connectivity index (χ0) is 18.7. The Bertz CT molecular complexity index is 934. The molecule has 0 fully saturated rings. The number of amides is 1. The van der Waals surface area contributed by atoms with Gasteiger partial charge in [0.05, 0.1) is 25.3 Å². The first-order valence-corrected chi connectivity index (χ1v) is 7.92. The van der Waals surface area contributed by atoms with E-state index in [4.69, 9.17) is 14.0 Å². The highest BCUT2D eigenvalue weighted by atomic mass is 16.5. The Morgan fingerprint density at radius 1 is 1.04 bits per heavy atom. The van der Waals surface area contributed by atoms with Crippen LogP contribution in [0.15, 0.2) is 47.0 Å². The van der Waals surface area contributed by atoms with Crippen LogP contribution in [-0.2, 0) is 0 Å². The Labute approximate surface area is 151 Å². The highest BCUT2D eigenvalue weighted by Gasteiger charge is 2.19. The van der Waals surface area contributed by atoms with Gasteiger partial charge in [-0.3, -0.25) is 4.79 Å². The minimum absolute atomic E-state index is 0.133. The third kappa shape index (κ3) is 3.23. The topological polar surface area (TPSA) is 77.7 Å². The summed E-state index contributed by atoms with van der Waals surface area (Å²) >= 11 is 0. The first-order chi connectivity index (χ1) is 12.5. The Balaban J connectivity index is 2.01. The van der Waals surface area contributed by atoms with Crippen molar-refractivity contribution in [1.29, 1.82) is 0 Å². The third-order valence-corrected chi connectivity index (χ3v) is 3.86. The number of aromatic nitrogens is 2. The lowest BCUT2D eigenvalue weighted by molar-refractivity contribution is 0.0828. The molecule has 1 heterocycles. The molecule has 134 valence electrons. The summed E-state index contributed by atoms with van der Waals surface area (Å²) in [6, 6.07) is 12.5.